The lowest BCUT2D eigenvalue weighted by atomic mass is 10.1. The van der Waals surface area contributed by atoms with Crippen molar-refractivity contribution in [2.24, 2.45) is 4.99 Å². The third-order valence-electron chi connectivity index (χ3n) is 4.40. The van der Waals surface area contributed by atoms with Crippen LogP contribution in [-0.4, -0.2) is 20.9 Å². The zero-order chi connectivity index (χ0) is 21.3. The molecule has 0 saturated carbocycles. The highest BCUT2D eigenvalue weighted by molar-refractivity contribution is 7.87. The van der Waals surface area contributed by atoms with E-state index in [0.29, 0.717) is 10.6 Å². The van der Waals surface area contributed by atoms with E-state index in [1.807, 2.05) is 0 Å². The molecule has 5 nitrogen and oxygen atoms in total. The van der Waals surface area contributed by atoms with E-state index in [-0.39, 0.29) is 28.7 Å². The molecule has 3 aromatic rings. The van der Waals surface area contributed by atoms with Gasteiger partial charge in [0.1, 0.15) is 40.5 Å². The van der Waals surface area contributed by atoms with Crippen LogP contribution in [0.2, 0.25) is 5.02 Å². The quantitative estimate of drug-likeness (QED) is 0.519. The number of ether oxygens (including phenoxy) is 1. The predicted octanol–water partition coefficient (Wildman–Crippen LogP) is 4.90. The molecular formula is C21H14ClF2NO4S. The number of halogens is 3. The molecule has 0 N–H and O–H groups in total. The van der Waals surface area contributed by atoms with Crippen LogP contribution in [0.4, 0.5) is 8.78 Å². The third kappa shape index (κ3) is 4.15. The summed E-state index contributed by atoms with van der Waals surface area (Å²) >= 11 is 5.77. The summed E-state index contributed by atoms with van der Waals surface area (Å²) in [6.07, 6.45) is 0. The van der Waals surface area contributed by atoms with Gasteiger partial charge in [-0.1, -0.05) is 29.8 Å². The lowest BCUT2D eigenvalue weighted by Gasteiger charge is -2.09. The summed E-state index contributed by atoms with van der Waals surface area (Å²) in [6, 6.07) is 14.8. The molecule has 0 spiro atoms. The van der Waals surface area contributed by atoms with Gasteiger partial charge in [0.25, 0.3) is 0 Å². The largest absolute Gasteiger partial charge is 0.475 e. The molecule has 154 valence electrons. The first-order valence-corrected chi connectivity index (χ1v) is 10.6. The van der Waals surface area contributed by atoms with Crippen LogP contribution in [0.3, 0.4) is 0 Å². The van der Waals surface area contributed by atoms with Crippen molar-refractivity contribution in [3.63, 3.8) is 0 Å². The number of rotatable bonds is 5. The van der Waals surface area contributed by atoms with E-state index >= 15 is 0 Å². The van der Waals surface area contributed by atoms with Crippen molar-refractivity contribution in [1.29, 1.82) is 0 Å². The van der Waals surface area contributed by atoms with E-state index in [4.69, 9.17) is 20.5 Å². The Morgan fingerprint density at radius 1 is 0.967 bits per heavy atom. The van der Waals surface area contributed by atoms with Crippen molar-refractivity contribution in [2.75, 3.05) is 6.61 Å². The van der Waals surface area contributed by atoms with Crippen LogP contribution in [-0.2, 0) is 14.9 Å². The Labute approximate surface area is 176 Å². The van der Waals surface area contributed by atoms with Gasteiger partial charge in [0.15, 0.2) is 0 Å². The standard InChI is InChI=1S/C21H14ClF2NO4S/c22-14-6-10-16(11-7-14)30(26,27)29-15-8-4-13(5-9-15)19-12-28-21(25-19)20-17(23)2-1-3-18(20)24/h1-11,19H,12H2. The smallest absolute Gasteiger partial charge is 0.339 e. The molecule has 0 radical (unpaired) electrons. The minimum Gasteiger partial charge on any atom is -0.475 e. The van der Waals surface area contributed by atoms with Crippen molar-refractivity contribution in [1.82, 2.24) is 0 Å². The summed E-state index contributed by atoms with van der Waals surface area (Å²) in [5, 5.41) is 0.410. The second-order valence-corrected chi connectivity index (χ2v) is 8.40. The van der Waals surface area contributed by atoms with Gasteiger partial charge in [0.2, 0.25) is 5.90 Å². The molecular weight excluding hydrogens is 436 g/mol. The van der Waals surface area contributed by atoms with Crippen LogP contribution >= 0.6 is 11.6 Å². The van der Waals surface area contributed by atoms with Gasteiger partial charge >= 0.3 is 10.1 Å². The number of nitrogens with zero attached hydrogens (tertiary/aromatic N) is 1. The fraction of sp³-hybridized carbons (Fsp3) is 0.0952. The first-order chi connectivity index (χ1) is 14.3. The third-order valence-corrected chi connectivity index (χ3v) is 5.91. The molecule has 1 unspecified atom stereocenters. The lowest BCUT2D eigenvalue weighted by molar-refractivity contribution is 0.317. The van der Waals surface area contributed by atoms with E-state index in [2.05, 4.69) is 4.99 Å². The van der Waals surface area contributed by atoms with Crippen LogP contribution in [0.5, 0.6) is 5.75 Å². The SMILES string of the molecule is O=S(=O)(Oc1ccc(C2COC(c3c(F)cccc3F)=N2)cc1)c1ccc(Cl)cc1. The maximum Gasteiger partial charge on any atom is 0.339 e. The zero-order valence-electron chi connectivity index (χ0n) is 15.3. The van der Waals surface area contributed by atoms with E-state index < -0.39 is 27.8 Å². The fourth-order valence-corrected chi connectivity index (χ4v) is 3.96. The summed E-state index contributed by atoms with van der Waals surface area (Å²) in [4.78, 5) is 4.23. The Bertz CT molecular complexity index is 1190. The highest BCUT2D eigenvalue weighted by Gasteiger charge is 2.26. The molecule has 1 heterocycles. The van der Waals surface area contributed by atoms with Crippen LogP contribution in [0.25, 0.3) is 0 Å². The van der Waals surface area contributed by atoms with Gasteiger partial charge in [-0.25, -0.2) is 13.8 Å². The van der Waals surface area contributed by atoms with Crippen molar-refractivity contribution >= 4 is 27.6 Å². The van der Waals surface area contributed by atoms with Gasteiger partial charge < -0.3 is 8.92 Å². The first kappa shape index (κ1) is 20.3. The summed E-state index contributed by atoms with van der Waals surface area (Å²) in [5.74, 6) is -1.52. The molecule has 0 aliphatic carbocycles. The lowest BCUT2D eigenvalue weighted by Crippen LogP contribution is -2.09. The number of aliphatic imine (C=N–C) groups is 1. The molecule has 4 rings (SSSR count). The minimum atomic E-state index is -4.01. The van der Waals surface area contributed by atoms with Crippen molar-refractivity contribution < 1.29 is 26.1 Å². The van der Waals surface area contributed by atoms with Crippen LogP contribution < -0.4 is 4.18 Å². The molecule has 3 aromatic carbocycles. The topological polar surface area (TPSA) is 65.0 Å². The molecule has 1 aliphatic heterocycles. The van der Waals surface area contributed by atoms with Gasteiger partial charge in [0, 0.05) is 5.02 Å². The van der Waals surface area contributed by atoms with Gasteiger partial charge in [-0.05, 0) is 54.1 Å². The zero-order valence-corrected chi connectivity index (χ0v) is 16.8. The number of hydrogen-bond donors (Lipinski definition) is 0. The Morgan fingerprint density at radius 3 is 2.23 bits per heavy atom. The summed E-state index contributed by atoms with van der Waals surface area (Å²) in [7, 11) is -4.01. The maximum atomic E-state index is 13.9. The Kier molecular flexibility index (Phi) is 5.44. The first-order valence-electron chi connectivity index (χ1n) is 8.78. The van der Waals surface area contributed by atoms with Gasteiger partial charge in [0.05, 0.1) is 0 Å². The minimum absolute atomic E-state index is 0.0266. The Morgan fingerprint density at radius 2 is 1.60 bits per heavy atom. The van der Waals surface area contributed by atoms with E-state index in [1.165, 1.54) is 42.5 Å². The van der Waals surface area contributed by atoms with E-state index in [0.717, 1.165) is 12.1 Å². The number of benzene rings is 3. The molecule has 30 heavy (non-hydrogen) atoms. The van der Waals surface area contributed by atoms with Crippen molar-refractivity contribution in [2.45, 2.75) is 10.9 Å². The van der Waals surface area contributed by atoms with Gasteiger partial charge in [-0.3, -0.25) is 0 Å². The summed E-state index contributed by atoms with van der Waals surface area (Å²) in [6.45, 7) is 0.104. The van der Waals surface area contributed by atoms with E-state index in [9.17, 15) is 17.2 Å². The average Bonchev–Trinajstić information content (AvgIpc) is 3.18. The highest BCUT2D eigenvalue weighted by atomic mass is 35.5. The van der Waals surface area contributed by atoms with Crippen molar-refractivity contribution in [3.8, 4) is 5.75 Å². The van der Waals surface area contributed by atoms with Gasteiger partial charge in [-0.2, -0.15) is 8.42 Å². The second kappa shape index (κ2) is 8.04. The molecule has 0 fully saturated rings. The second-order valence-electron chi connectivity index (χ2n) is 6.42. The van der Waals surface area contributed by atoms with Crippen molar-refractivity contribution in [3.05, 3.63) is 94.5 Å². The molecule has 1 aliphatic rings. The van der Waals surface area contributed by atoms with Crippen LogP contribution in [0.1, 0.15) is 17.2 Å². The fourth-order valence-electron chi connectivity index (χ4n) is 2.91. The normalized spacial score (nSPS) is 16.1. The van der Waals surface area contributed by atoms with E-state index in [1.54, 1.807) is 12.1 Å². The molecule has 0 bridgehead atoms. The molecule has 0 amide bonds. The Balaban J connectivity index is 1.52. The summed E-state index contributed by atoms with van der Waals surface area (Å²) in [5.41, 5.74) is 0.368. The summed E-state index contributed by atoms with van der Waals surface area (Å²) < 4.78 is 63.0. The predicted molar refractivity (Wildman–Crippen MR) is 107 cm³/mol. The molecule has 0 saturated heterocycles. The van der Waals surface area contributed by atoms with Gasteiger partial charge in [-0.15, -0.1) is 0 Å². The molecule has 1 atom stereocenters. The maximum absolute atomic E-state index is 13.9. The Hall–Kier alpha value is -2.97. The van der Waals surface area contributed by atoms with Crippen LogP contribution in [0, 0.1) is 11.6 Å². The highest BCUT2D eigenvalue weighted by Crippen LogP contribution is 2.29. The van der Waals surface area contributed by atoms with Crippen LogP contribution in [0.15, 0.2) is 76.6 Å². The average molecular weight is 450 g/mol. The molecule has 9 heteroatoms. The number of hydrogen-bond acceptors (Lipinski definition) is 5. The molecule has 0 aromatic heterocycles. The monoisotopic (exact) mass is 449 g/mol.